The maximum absolute atomic E-state index is 10.5. The van der Waals surface area contributed by atoms with Gasteiger partial charge in [0, 0.05) is 34.3 Å². The molecule has 30 heavy (non-hydrogen) atoms. The maximum atomic E-state index is 10.5. The lowest BCUT2D eigenvalue weighted by molar-refractivity contribution is 0.381. The molecule has 0 aliphatic carbocycles. The number of halogens is 1. The maximum Gasteiger partial charge on any atom is 0.129 e. The average molecular weight is 421 g/mol. The number of methoxy groups -OCH3 is 1. The number of phenols is 1. The van der Waals surface area contributed by atoms with Gasteiger partial charge in [0.1, 0.15) is 17.7 Å². The second kappa shape index (κ2) is 8.90. The van der Waals surface area contributed by atoms with Crippen molar-refractivity contribution in [3.8, 4) is 11.5 Å². The van der Waals surface area contributed by atoms with Gasteiger partial charge < -0.3 is 9.84 Å². The molecule has 1 aliphatic heterocycles. The van der Waals surface area contributed by atoms with Gasteiger partial charge in [0.15, 0.2) is 0 Å². The third-order valence-electron chi connectivity index (χ3n) is 5.54. The minimum atomic E-state index is -0.306. The van der Waals surface area contributed by atoms with Crippen LogP contribution in [0.3, 0.4) is 0 Å². The van der Waals surface area contributed by atoms with Crippen LogP contribution < -0.4 is 10.1 Å². The molecule has 0 fully saturated rings. The van der Waals surface area contributed by atoms with Crippen LogP contribution in [-0.2, 0) is 6.42 Å². The van der Waals surface area contributed by atoms with Gasteiger partial charge in [-0.15, -0.1) is 0 Å². The van der Waals surface area contributed by atoms with Crippen molar-refractivity contribution in [2.24, 2.45) is 4.99 Å². The predicted octanol–water partition coefficient (Wildman–Crippen LogP) is 5.84. The van der Waals surface area contributed by atoms with E-state index in [0.29, 0.717) is 11.4 Å². The van der Waals surface area contributed by atoms with Crippen molar-refractivity contribution in [1.29, 1.82) is 0 Å². The van der Waals surface area contributed by atoms with Crippen LogP contribution in [0.4, 0.5) is 0 Å². The number of ether oxygens (including phenoxy) is 1. The largest absolute Gasteiger partial charge is 0.508 e. The summed E-state index contributed by atoms with van der Waals surface area (Å²) in [5, 5.41) is 14.7. The highest BCUT2D eigenvalue weighted by Gasteiger charge is 2.29. The number of aliphatic imine (C=N–C) groups is 1. The molecular weight excluding hydrogens is 396 g/mol. The summed E-state index contributed by atoms with van der Waals surface area (Å²) in [6.45, 7) is 2.15. The van der Waals surface area contributed by atoms with E-state index in [4.69, 9.17) is 21.3 Å². The van der Waals surface area contributed by atoms with Crippen molar-refractivity contribution in [3.63, 3.8) is 0 Å². The van der Waals surface area contributed by atoms with Gasteiger partial charge in [-0.1, -0.05) is 61.0 Å². The highest BCUT2D eigenvalue weighted by molar-refractivity contribution is 6.30. The lowest BCUT2D eigenvalue weighted by atomic mass is 9.93. The Bertz CT molecular complexity index is 1060. The average Bonchev–Trinajstić information content (AvgIpc) is 2.80. The van der Waals surface area contributed by atoms with Gasteiger partial charge in [0.05, 0.1) is 7.11 Å². The summed E-state index contributed by atoms with van der Waals surface area (Å²) in [5.74, 6) is 0.994. The zero-order chi connectivity index (χ0) is 21.1. The summed E-state index contributed by atoms with van der Waals surface area (Å²) in [4.78, 5) is 5.03. The Hall–Kier alpha value is -2.82. The molecule has 0 saturated carbocycles. The predicted molar refractivity (Wildman–Crippen MR) is 122 cm³/mol. The van der Waals surface area contributed by atoms with Gasteiger partial charge in [-0.05, 0) is 41.8 Å². The molecule has 0 unspecified atom stereocenters. The summed E-state index contributed by atoms with van der Waals surface area (Å²) in [7, 11) is 1.66. The molecule has 4 rings (SSSR count). The summed E-state index contributed by atoms with van der Waals surface area (Å²) >= 11 is 6.23. The second-order valence-electron chi connectivity index (χ2n) is 7.40. The normalized spacial score (nSPS) is 18.7. The lowest BCUT2D eigenvalue weighted by Gasteiger charge is -2.31. The van der Waals surface area contributed by atoms with Crippen LogP contribution in [0.25, 0.3) is 0 Å². The van der Waals surface area contributed by atoms with Crippen LogP contribution in [0, 0.1) is 0 Å². The van der Waals surface area contributed by atoms with Gasteiger partial charge in [-0.3, -0.25) is 10.3 Å². The number of phenolic OH excluding ortho intramolecular Hbond substituents is 1. The fourth-order valence-electron chi connectivity index (χ4n) is 3.87. The molecule has 154 valence electrons. The summed E-state index contributed by atoms with van der Waals surface area (Å²) in [6.07, 6.45) is 1.33. The molecule has 0 spiro atoms. The van der Waals surface area contributed by atoms with E-state index in [2.05, 4.69) is 36.5 Å². The van der Waals surface area contributed by atoms with E-state index in [1.807, 2.05) is 30.3 Å². The van der Waals surface area contributed by atoms with Crippen LogP contribution in [0.5, 0.6) is 11.5 Å². The molecule has 1 heterocycles. The minimum absolute atomic E-state index is 0.142. The molecule has 3 aromatic carbocycles. The van der Waals surface area contributed by atoms with E-state index in [1.165, 1.54) is 5.56 Å². The molecule has 0 bridgehead atoms. The van der Waals surface area contributed by atoms with Crippen LogP contribution in [0.15, 0.2) is 71.7 Å². The number of para-hydroxylation sites is 1. The lowest BCUT2D eigenvalue weighted by Crippen LogP contribution is -2.33. The SMILES string of the molecule is CCc1ccc(C2=N[C@H](c3ccccc3OC)N[C@H](c3cc(Cl)ccc3O)C2)cc1. The molecule has 0 amide bonds. The monoisotopic (exact) mass is 420 g/mol. The first kappa shape index (κ1) is 20.5. The molecule has 4 nitrogen and oxygen atoms in total. The molecular formula is C25H25ClN2O2. The third-order valence-corrected chi connectivity index (χ3v) is 5.77. The van der Waals surface area contributed by atoms with Crippen LogP contribution >= 0.6 is 11.6 Å². The Morgan fingerprint density at radius 2 is 1.83 bits per heavy atom. The Balaban J connectivity index is 1.78. The van der Waals surface area contributed by atoms with E-state index >= 15 is 0 Å². The standard InChI is InChI=1S/C25H25ClN2O2/c1-3-16-8-10-17(11-9-16)21-15-22(20-14-18(26)12-13-23(20)29)28-25(27-21)19-6-4-5-7-24(19)30-2/h4-14,22,25,28-29H,3,15H2,1-2H3/t22-,25-/m0/s1. The second-order valence-corrected chi connectivity index (χ2v) is 7.83. The van der Waals surface area contributed by atoms with Gasteiger partial charge in [0.25, 0.3) is 0 Å². The van der Waals surface area contributed by atoms with E-state index < -0.39 is 0 Å². The topological polar surface area (TPSA) is 53.8 Å². The number of hydrogen-bond donors (Lipinski definition) is 2. The summed E-state index contributed by atoms with van der Waals surface area (Å²) < 4.78 is 5.57. The Kier molecular flexibility index (Phi) is 6.07. The molecule has 2 N–H and O–H groups in total. The van der Waals surface area contributed by atoms with E-state index in [-0.39, 0.29) is 18.0 Å². The fraction of sp³-hybridized carbons (Fsp3) is 0.240. The molecule has 5 heteroatoms. The molecule has 3 aromatic rings. The van der Waals surface area contributed by atoms with E-state index in [9.17, 15) is 5.11 Å². The third kappa shape index (κ3) is 4.20. The number of hydrogen-bond acceptors (Lipinski definition) is 4. The molecule has 0 aromatic heterocycles. The quantitative estimate of drug-likeness (QED) is 0.545. The highest BCUT2D eigenvalue weighted by atomic mass is 35.5. The zero-order valence-corrected chi connectivity index (χ0v) is 17.9. The number of nitrogens with one attached hydrogen (secondary N) is 1. The van der Waals surface area contributed by atoms with Gasteiger partial charge >= 0.3 is 0 Å². The van der Waals surface area contributed by atoms with Gasteiger partial charge in [-0.25, -0.2) is 0 Å². The Morgan fingerprint density at radius 3 is 2.57 bits per heavy atom. The molecule has 1 aliphatic rings. The number of aromatic hydroxyl groups is 1. The number of benzene rings is 3. The Morgan fingerprint density at radius 1 is 1.07 bits per heavy atom. The van der Waals surface area contributed by atoms with Crippen LogP contribution in [0.1, 0.15) is 47.8 Å². The number of rotatable bonds is 5. The highest BCUT2D eigenvalue weighted by Crippen LogP contribution is 2.37. The first-order valence-corrected chi connectivity index (χ1v) is 10.5. The molecule has 0 radical (unpaired) electrons. The number of aryl methyl sites for hydroxylation is 1. The fourth-order valence-corrected chi connectivity index (χ4v) is 4.05. The Labute approximate surface area is 182 Å². The van der Waals surface area contributed by atoms with E-state index in [1.54, 1.807) is 19.2 Å². The minimum Gasteiger partial charge on any atom is -0.508 e. The van der Waals surface area contributed by atoms with Gasteiger partial charge in [0.2, 0.25) is 0 Å². The van der Waals surface area contributed by atoms with E-state index in [0.717, 1.165) is 34.6 Å². The van der Waals surface area contributed by atoms with Crippen molar-refractivity contribution in [2.75, 3.05) is 7.11 Å². The first-order chi connectivity index (χ1) is 14.6. The zero-order valence-electron chi connectivity index (χ0n) is 17.1. The first-order valence-electron chi connectivity index (χ1n) is 10.1. The van der Waals surface area contributed by atoms with Gasteiger partial charge in [-0.2, -0.15) is 0 Å². The van der Waals surface area contributed by atoms with Crippen molar-refractivity contribution >= 4 is 17.3 Å². The summed E-state index contributed by atoms with van der Waals surface area (Å²) in [5.41, 5.74) is 5.07. The van der Waals surface area contributed by atoms with Crippen molar-refractivity contribution < 1.29 is 9.84 Å². The molecule has 0 saturated heterocycles. The van der Waals surface area contributed by atoms with Crippen LogP contribution in [-0.4, -0.2) is 17.9 Å². The number of nitrogens with zero attached hydrogens (tertiary/aromatic N) is 1. The summed E-state index contributed by atoms with van der Waals surface area (Å²) in [6, 6.07) is 21.4. The van der Waals surface area contributed by atoms with Crippen molar-refractivity contribution in [2.45, 2.75) is 32.0 Å². The van der Waals surface area contributed by atoms with Crippen LogP contribution in [0.2, 0.25) is 5.02 Å². The van der Waals surface area contributed by atoms with Crippen molar-refractivity contribution in [1.82, 2.24) is 5.32 Å². The molecule has 2 atom stereocenters. The van der Waals surface area contributed by atoms with Crippen molar-refractivity contribution in [3.05, 3.63) is 94.0 Å². The smallest absolute Gasteiger partial charge is 0.129 e.